The highest BCUT2D eigenvalue weighted by Gasteiger charge is 2.17. The van der Waals surface area contributed by atoms with Crippen LogP contribution in [0.3, 0.4) is 0 Å². The lowest BCUT2D eigenvalue weighted by Gasteiger charge is -2.17. The Kier molecular flexibility index (Phi) is 2.91. The SMILES string of the molecule is CCc1cc(C(C)(C)C)nnc1Cl. The van der Waals surface area contributed by atoms with Gasteiger partial charge in [0.2, 0.25) is 0 Å². The molecule has 72 valence electrons. The summed E-state index contributed by atoms with van der Waals surface area (Å²) >= 11 is 5.87. The van der Waals surface area contributed by atoms with Crippen LogP contribution in [0.2, 0.25) is 5.15 Å². The van der Waals surface area contributed by atoms with Crippen molar-refractivity contribution in [1.82, 2.24) is 10.2 Å². The maximum atomic E-state index is 5.87. The average Bonchev–Trinajstić information content (AvgIpc) is 2.03. The summed E-state index contributed by atoms with van der Waals surface area (Å²) in [5.41, 5.74) is 2.11. The van der Waals surface area contributed by atoms with E-state index in [1.165, 1.54) is 0 Å². The predicted octanol–water partition coefficient (Wildman–Crippen LogP) is 2.99. The van der Waals surface area contributed by atoms with Gasteiger partial charge in [0.1, 0.15) is 0 Å². The van der Waals surface area contributed by atoms with Crippen LogP contribution in [0.1, 0.15) is 39.0 Å². The van der Waals surface area contributed by atoms with Crippen LogP contribution in [0.4, 0.5) is 0 Å². The van der Waals surface area contributed by atoms with Gasteiger partial charge in [-0.3, -0.25) is 0 Å². The molecule has 0 bridgehead atoms. The van der Waals surface area contributed by atoms with Gasteiger partial charge in [-0.15, -0.1) is 5.10 Å². The van der Waals surface area contributed by atoms with Crippen LogP contribution in [0, 0.1) is 0 Å². The summed E-state index contributed by atoms with van der Waals surface area (Å²) < 4.78 is 0. The zero-order chi connectivity index (χ0) is 10.1. The zero-order valence-corrected chi connectivity index (χ0v) is 9.31. The fourth-order valence-corrected chi connectivity index (χ4v) is 1.26. The molecule has 0 aliphatic carbocycles. The first-order valence-electron chi connectivity index (χ1n) is 4.47. The molecule has 3 heteroatoms. The van der Waals surface area contributed by atoms with Crippen molar-refractivity contribution >= 4 is 11.6 Å². The maximum absolute atomic E-state index is 5.87. The van der Waals surface area contributed by atoms with Gasteiger partial charge in [-0.05, 0) is 18.1 Å². The van der Waals surface area contributed by atoms with Crippen LogP contribution in [-0.2, 0) is 11.8 Å². The zero-order valence-electron chi connectivity index (χ0n) is 8.56. The minimum Gasteiger partial charge on any atom is -0.154 e. The van der Waals surface area contributed by atoms with Crippen molar-refractivity contribution in [1.29, 1.82) is 0 Å². The largest absolute Gasteiger partial charge is 0.154 e. The highest BCUT2D eigenvalue weighted by atomic mass is 35.5. The van der Waals surface area contributed by atoms with Gasteiger partial charge in [-0.2, -0.15) is 5.10 Å². The summed E-state index contributed by atoms with van der Waals surface area (Å²) in [6, 6.07) is 2.04. The quantitative estimate of drug-likeness (QED) is 0.694. The van der Waals surface area contributed by atoms with Crippen molar-refractivity contribution in [3.05, 3.63) is 22.5 Å². The minimum atomic E-state index is 0.0432. The Hall–Kier alpha value is -0.630. The third kappa shape index (κ3) is 2.41. The van der Waals surface area contributed by atoms with E-state index in [1.807, 2.05) is 6.07 Å². The number of aryl methyl sites for hydroxylation is 1. The van der Waals surface area contributed by atoms with Crippen LogP contribution in [0.15, 0.2) is 6.07 Å². The number of nitrogens with zero attached hydrogens (tertiary/aromatic N) is 2. The molecule has 0 amide bonds. The average molecular weight is 199 g/mol. The van der Waals surface area contributed by atoms with Crippen molar-refractivity contribution in [3.63, 3.8) is 0 Å². The molecule has 0 aliphatic heterocycles. The van der Waals surface area contributed by atoms with E-state index in [4.69, 9.17) is 11.6 Å². The molecule has 0 aromatic carbocycles. The van der Waals surface area contributed by atoms with E-state index in [0.29, 0.717) is 5.15 Å². The summed E-state index contributed by atoms with van der Waals surface area (Å²) in [6.07, 6.45) is 0.900. The normalized spacial score (nSPS) is 11.8. The fourth-order valence-electron chi connectivity index (χ4n) is 1.03. The van der Waals surface area contributed by atoms with Crippen LogP contribution >= 0.6 is 11.6 Å². The van der Waals surface area contributed by atoms with E-state index in [9.17, 15) is 0 Å². The molecule has 0 saturated carbocycles. The maximum Gasteiger partial charge on any atom is 0.154 e. The van der Waals surface area contributed by atoms with Crippen LogP contribution in [-0.4, -0.2) is 10.2 Å². The summed E-state index contributed by atoms with van der Waals surface area (Å²) in [5, 5.41) is 8.53. The lowest BCUT2D eigenvalue weighted by Crippen LogP contribution is -2.15. The number of hydrogen-bond donors (Lipinski definition) is 0. The standard InChI is InChI=1S/C10H15ClN2/c1-5-7-6-8(10(2,3)4)12-13-9(7)11/h6H,5H2,1-4H3. The Morgan fingerprint density at radius 1 is 1.31 bits per heavy atom. The molecule has 0 saturated heterocycles. The van der Waals surface area contributed by atoms with Crippen molar-refractivity contribution in [3.8, 4) is 0 Å². The highest BCUT2D eigenvalue weighted by Crippen LogP contribution is 2.22. The lowest BCUT2D eigenvalue weighted by atomic mass is 9.91. The first-order chi connectivity index (χ1) is 5.95. The van der Waals surface area contributed by atoms with Crippen molar-refractivity contribution in [2.75, 3.05) is 0 Å². The molecular weight excluding hydrogens is 184 g/mol. The van der Waals surface area contributed by atoms with Crippen molar-refractivity contribution in [2.45, 2.75) is 39.5 Å². The van der Waals surface area contributed by atoms with Crippen molar-refractivity contribution < 1.29 is 0 Å². The molecule has 0 spiro atoms. The van der Waals surface area contributed by atoms with E-state index >= 15 is 0 Å². The fraction of sp³-hybridized carbons (Fsp3) is 0.600. The second-order valence-corrected chi connectivity index (χ2v) is 4.51. The number of rotatable bonds is 1. The molecule has 0 aliphatic rings. The van der Waals surface area contributed by atoms with Crippen LogP contribution in [0.25, 0.3) is 0 Å². The van der Waals surface area contributed by atoms with Crippen LogP contribution in [0.5, 0.6) is 0 Å². The second kappa shape index (κ2) is 3.62. The molecule has 0 radical (unpaired) electrons. The smallest absolute Gasteiger partial charge is 0.154 e. The molecule has 0 unspecified atom stereocenters. The summed E-state index contributed by atoms with van der Waals surface area (Å²) in [6.45, 7) is 8.41. The first kappa shape index (κ1) is 10.5. The van der Waals surface area contributed by atoms with Gasteiger partial charge in [-0.1, -0.05) is 39.3 Å². The molecule has 1 rings (SSSR count). The first-order valence-corrected chi connectivity index (χ1v) is 4.85. The third-order valence-electron chi connectivity index (χ3n) is 1.97. The van der Waals surface area contributed by atoms with Crippen LogP contribution < -0.4 is 0 Å². The van der Waals surface area contributed by atoms with Gasteiger partial charge in [0, 0.05) is 5.41 Å². The minimum absolute atomic E-state index is 0.0432. The highest BCUT2D eigenvalue weighted by molar-refractivity contribution is 6.30. The number of aromatic nitrogens is 2. The van der Waals surface area contributed by atoms with E-state index < -0.39 is 0 Å². The number of hydrogen-bond acceptors (Lipinski definition) is 2. The van der Waals surface area contributed by atoms with Gasteiger partial charge >= 0.3 is 0 Å². The Morgan fingerprint density at radius 3 is 2.38 bits per heavy atom. The molecule has 13 heavy (non-hydrogen) atoms. The molecule has 1 heterocycles. The molecule has 0 N–H and O–H groups in total. The molecule has 1 aromatic rings. The molecular formula is C10H15ClN2. The summed E-state index contributed by atoms with van der Waals surface area (Å²) in [5.74, 6) is 0. The Labute approximate surface area is 84.3 Å². The summed E-state index contributed by atoms with van der Waals surface area (Å²) in [7, 11) is 0. The Morgan fingerprint density at radius 2 is 1.92 bits per heavy atom. The lowest BCUT2D eigenvalue weighted by molar-refractivity contribution is 0.557. The molecule has 2 nitrogen and oxygen atoms in total. The summed E-state index contributed by atoms with van der Waals surface area (Å²) in [4.78, 5) is 0. The van der Waals surface area contributed by atoms with E-state index in [2.05, 4.69) is 37.9 Å². The predicted molar refractivity (Wildman–Crippen MR) is 55.1 cm³/mol. The Bertz CT molecular complexity index is 302. The molecule has 0 atom stereocenters. The monoisotopic (exact) mass is 198 g/mol. The topological polar surface area (TPSA) is 25.8 Å². The van der Waals surface area contributed by atoms with Gasteiger partial charge in [0.15, 0.2) is 5.15 Å². The number of halogens is 1. The van der Waals surface area contributed by atoms with Gasteiger partial charge < -0.3 is 0 Å². The second-order valence-electron chi connectivity index (χ2n) is 4.15. The van der Waals surface area contributed by atoms with Crippen molar-refractivity contribution in [2.24, 2.45) is 0 Å². The molecule has 0 fully saturated rings. The van der Waals surface area contributed by atoms with Gasteiger partial charge in [-0.25, -0.2) is 0 Å². The van der Waals surface area contributed by atoms with E-state index in [1.54, 1.807) is 0 Å². The molecule has 1 aromatic heterocycles. The third-order valence-corrected chi connectivity index (χ3v) is 2.29. The van der Waals surface area contributed by atoms with E-state index in [-0.39, 0.29) is 5.41 Å². The Balaban J connectivity index is 3.14. The van der Waals surface area contributed by atoms with Gasteiger partial charge in [0.25, 0.3) is 0 Å². The van der Waals surface area contributed by atoms with E-state index in [0.717, 1.165) is 17.7 Å². The van der Waals surface area contributed by atoms with Gasteiger partial charge in [0.05, 0.1) is 5.69 Å².